The van der Waals surface area contributed by atoms with Crippen molar-refractivity contribution >= 4 is 17.8 Å². The summed E-state index contributed by atoms with van der Waals surface area (Å²) in [5.74, 6) is 2.03. The van der Waals surface area contributed by atoms with Crippen LogP contribution in [0.3, 0.4) is 0 Å². The lowest BCUT2D eigenvalue weighted by atomic mass is 10.3. The highest BCUT2D eigenvalue weighted by Gasteiger charge is 2.08. The molecule has 2 N–H and O–H groups in total. The van der Waals surface area contributed by atoms with E-state index in [1.54, 1.807) is 49.3 Å². The molecule has 3 rings (SSSR count). The molecular weight excluding hydrogens is 342 g/mol. The molecule has 9 heteroatoms. The number of nitrogens with zero attached hydrogens (tertiary/aromatic N) is 7. The molecular formula is C18H23N9. The van der Waals surface area contributed by atoms with Crippen LogP contribution in [0.1, 0.15) is 12.8 Å². The van der Waals surface area contributed by atoms with Crippen molar-refractivity contribution in [2.24, 2.45) is 0 Å². The van der Waals surface area contributed by atoms with Crippen LogP contribution in [0.5, 0.6) is 0 Å². The Bertz CT molecular complexity index is 708. The maximum Gasteiger partial charge on any atom is 0.225 e. The number of hydrogen-bond donors (Lipinski definition) is 2. The predicted molar refractivity (Wildman–Crippen MR) is 105 cm³/mol. The molecule has 0 bridgehead atoms. The van der Waals surface area contributed by atoms with Crippen molar-refractivity contribution in [2.75, 3.05) is 41.7 Å². The minimum absolute atomic E-state index is 0.645. The van der Waals surface area contributed by atoms with Crippen molar-refractivity contribution < 1.29 is 0 Å². The maximum atomic E-state index is 4.38. The van der Waals surface area contributed by atoms with Gasteiger partial charge in [-0.3, -0.25) is 0 Å². The first-order chi connectivity index (χ1) is 13.4. The van der Waals surface area contributed by atoms with Gasteiger partial charge in [0.05, 0.1) is 0 Å². The second-order valence-electron chi connectivity index (χ2n) is 5.74. The quantitative estimate of drug-likeness (QED) is 0.493. The summed E-state index contributed by atoms with van der Waals surface area (Å²) in [6.45, 7) is 3.24. The molecule has 0 amide bonds. The van der Waals surface area contributed by atoms with Gasteiger partial charge in [-0.05, 0) is 31.0 Å². The van der Waals surface area contributed by atoms with Crippen molar-refractivity contribution in [1.82, 2.24) is 29.9 Å². The van der Waals surface area contributed by atoms with Crippen LogP contribution in [-0.2, 0) is 0 Å². The zero-order valence-corrected chi connectivity index (χ0v) is 15.1. The van der Waals surface area contributed by atoms with Gasteiger partial charge in [0.1, 0.15) is 0 Å². The van der Waals surface area contributed by atoms with Gasteiger partial charge in [0.15, 0.2) is 0 Å². The second kappa shape index (κ2) is 10.6. The summed E-state index contributed by atoms with van der Waals surface area (Å²) >= 11 is 0. The van der Waals surface area contributed by atoms with Gasteiger partial charge in [-0.25, -0.2) is 29.9 Å². The van der Waals surface area contributed by atoms with E-state index in [0.717, 1.165) is 45.0 Å². The summed E-state index contributed by atoms with van der Waals surface area (Å²) in [5.41, 5.74) is 0. The average Bonchev–Trinajstić information content (AvgIpc) is 2.75. The Labute approximate surface area is 158 Å². The lowest BCUT2D eigenvalue weighted by Crippen LogP contribution is -2.30. The smallest absolute Gasteiger partial charge is 0.225 e. The molecule has 3 aromatic rings. The molecule has 140 valence electrons. The normalized spacial score (nSPS) is 10.4. The number of rotatable bonds is 11. The molecule has 0 saturated carbocycles. The SMILES string of the molecule is c1cnc(NCCCN(CCCNc2ncccn2)c2ncccn2)nc1. The average molecular weight is 365 g/mol. The van der Waals surface area contributed by atoms with E-state index in [1.807, 2.05) is 6.07 Å². The van der Waals surface area contributed by atoms with Gasteiger partial charge in [0, 0.05) is 63.4 Å². The van der Waals surface area contributed by atoms with Gasteiger partial charge in [-0.2, -0.15) is 0 Å². The Hall–Kier alpha value is -3.36. The van der Waals surface area contributed by atoms with Crippen molar-refractivity contribution in [3.05, 3.63) is 55.4 Å². The van der Waals surface area contributed by atoms with E-state index in [0.29, 0.717) is 11.9 Å². The highest BCUT2D eigenvalue weighted by molar-refractivity contribution is 5.29. The standard InChI is InChI=1S/C18H23N9/c1-6-19-16(20-7-1)23-12-4-14-27(18-25-10-3-11-26-18)15-5-13-24-17-21-8-2-9-22-17/h1-3,6-11H,4-5,12-15H2,(H,19,20,23)(H,21,22,24). The van der Waals surface area contributed by atoms with E-state index in [4.69, 9.17) is 0 Å². The summed E-state index contributed by atoms with van der Waals surface area (Å²) in [4.78, 5) is 27.6. The van der Waals surface area contributed by atoms with Gasteiger partial charge >= 0.3 is 0 Å². The molecule has 0 spiro atoms. The molecule has 9 nitrogen and oxygen atoms in total. The van der Waals surface area contributed by atoms with Crippen LogP contribution < -0.4 is 15.5 Å². The third-order valence-corrected chi connectivity index (χ3v) is 3.74. The largest absolute Gasteiger partial charge is 0.354 e. The Morgan fingerprint density at radius 3 is 1.44 bits per heavy atom. The molecule has 0 aliphatic carbocycles. The van der Waals surface area contributed by atoms with Crippen LogP contribution in [0.25, 0.3) is 0 Å². The fourth-order valence-corrected chi connectivity index (χ4v) is 2.49. The van der Waals surface area contributed by atoms with Crippen LogP contribution in [0.15, 0.2) is 55.4 Å². The summed E-state index contributed by atoms with van der Waals surface area (Å²) in [6, 6.07) is 5.42. The van der Waals surface area contributed by atoms with Crippen molar-refractivity contribution in [2.45, 2.75) is 12.8 Å². The number of anilines is 3. The van der Waals surface area contributed by atoms with Gasteiger partial charge < -0.3 is 15.5 Å². The molecule has 0 saturated heterocycles. The molecule has 0 aliphatic rings. The predicted octanol–water partition coefficient (Wildman–Crippen LogP) is 1.87. The molecule has 3 heterocycles. The fourth-order valence-electron chi connectivity index (χ4n) is 2.49. The van der Waals surface area contributed by atoms with Crippen LogP contribution in [0, 0.1) is 0 Å². The molecule has 0 unspecified atom stereocenters. The summed E-state index contributed by atoms with van der Waals surface area (Å²) in [6.07, 6.45) is 12.3. The first-order valence-corrected chi connectivity index (χ1v) is 8.95. The second-order valence-corrected chi connectivity index (χ2v) is 5.74. The van der Waals surface area contributed by atoms with Crippen molar-refractivity contribution in [3.8, 4) is 0 Å². The molecule has 0 aromatic carbocycles. The summed E-state index contributed by atoms with van der Waals surface area (Å²) in [7, 11) is 0. The van der Waals surface area contributed by atoms with Gasteiger partial charge in [-0.15, -0.1) is 0 Å². The van der Waals surface area contributed by atoms with E-state index >= 15 is 0 Å². The highest BCUT2D eigenvalue weighted by atomic mass is 15.2. The van der Waals surface area contributed by atoms with E-state index in [1.165, 1.54) is 0 Å². The third-order valence-electron chi connectivity index (χ3n) is 3.74. The zero-order valence-electron chi connectivity index (χ0n) is 15.1. The third kappa shape index (κ3) is 6.46. The number of hydrogen-bond acceptors (Lipinski definition) is 9. The topological polar surface area (TPSA) is 105 Å². The fraction of sp³-hybridized carbons (Fsp3) is 0.333. The Balaban J connectivity index is 1.44. The Morgan fingerprint density at radius 2 is 1.00 bits per heavy atom. The number of nitrogens with one attached hydrogen (secondary N) is 2. The first-order valence-electron chi connectivity index (χ1n) is 8.95. The number of aromatic nitrogens is 6. The van der Waals surface area contributed by atoms with Crippen LogP contribution in [-0.4, -0.2) is 56.1 Å². The first kappa shape index (κ1) is 18.4. The summed E-state index contributed by atoms with van der Waals surface area (Å²) < 4.78 is 0. The van der Waals surface area contributed by atoms with E-state index in [2.05, 4.69) is 45.4 Å². The lowest BCUT2D eigenvalue weighted by molar-refractivity contribution is 0.696. The maximum absolute atomic E-state index is 4.38. The van der Waals surface area contributed by atoms with E-state index < -0.39 is 0 Å². The Morgan fingerprint density at radius 1 is 0.593 bits per heavy atom. The van der Waals surface area contributed by atoms with Crippen molar-refractivity contribution in [3.63, 3.8) is 0 Å². The molecule has 0 fully saturated rings. The molecule has 0 atom stereocenters. The van der Waals surface area contributed by atoms with Crippen LogP contribution in [0.4, 0.5) is 17.8 Å². The molecule has 0 radical (unpaired) electrons. The zero-order chi connectivity index (χ0) is 18.6. The minimum Gasteiger partial charge on any atom is -0.354 e. The van der Waals surface area contributed by atoms with E-state index in [9.17, 15) is 0 Å². The summed E-state index contributed by atoms with van der Waals surface area (Å²) in [5, 5.41) is 6.44. The van der Waals surface area contributed by atoms with Gasteiger partial charge in [0.25, 0.3) is 0 Å². The lowest BCUT2D eigenvalue weighted by Gasteiger charge is -2.22. The monoisotopic (exact) mass is 365 g/mol. The van der Waals surface area contributed by atoms with Gasteiger partial charge in [-0.1, -0.05) is 0 Å². The molecule has 3 aromatic heterocycles. The minimum atomic E-state index is 0.645. The van der Waals surface area contributed by atoms with Gasteiger partial charge in [0.2, 0.25) is 17.8 Å². The van der Waals surface area contributed by atoms with E-state index in [-0.39, 0.29) is 0 Å². The Kier molecular flexibility index (Phi) is 7.23. The molecule has 27 heavy (non-hydrogen) atoms. The molecule has 0 aliphatic heterocycles. The van der Waals surface area contributed by atoms with Crippen LogP contribution >= 0.6 is 0 Å². The van der Waals surface area contributed by atoms with Crippen molar-refractivity contribution in [1.29, 1.82) is 0 Å². The highest BCUT2D eigenvalue weighted by Crippen LogP contribution is 2.07. The van der Waals surface area contributed by atoms with Crippen LogP contribution in [0.2, 0.25) is 0 Å².